The fourth-order valence-corrected chi connectivity index (χ4v) is 2.30. The van der Waals surface area contributed by atoms with Crippen molar-refractivity contribution in [1.82, 2.24) is 20.1 Å². The lowest BCUT2D eigenvalue weighted by Crippen LogP contribution is -2.27. The van der Waals surface area contributed by atoms with E-state index < -0.39 is 0 Å². The molecule has 0 amide bonds. The lowest BCUT2D eigenvalue weighted by molar-refractivity contribution is 0.446. The van der Waals surface area contributed by atoms with Gasteiger partial charge in [0.15, 0.2) is 0 Å². The SMILES string of the molecule is c1cc(C2CCNCC2)n2nncc2c1. The average Bonchev–Trinajstić information content (AvgIpc) is 2.78. The molecule has 0 aromatic carbocycles. The van der Waals surface area contributed by atoms with E-state index in [2.05, 4.69) is 27.8 Å². The second-order valence-corrected chi connectivity index (χ2v) is 4.05. The van der Waals surface area contributed by atoms with Gasteiger partial charge in [0.25, 0.3) is 0 Å². The monoisotopic (exact) mass is 202 g/mol. The molecule has 2 aromatic heterocycles. The van der Waals surface area contributed by atoms with Gasteiger partial charge in [-0.15, -0.1) is 5.10 Å². The molecule has 1 N–H and O–H groups in total. The van der Waals surface area contributed by atoms with Crippen molar-refractivity contribution in [2.45, 2.75) is 18.8 Å². The van der Waals surface area contributed by atoms with Crippen LogP contribution in [0.25, 0.3) is 5.52 Å². The third-order valence-corrected chi connectivity index (χ3v) is 3.11. The standard InChI is InChI=1S/C11H14N4/c1-2-10-8-13-14-15(10)11(3-1)9-4-6-12-7-5-9/h1-3,8-9,12H,4-7H2. The third kappa shape index (κ3) is 1.51. The third-order valence-electron chi connectivity index (χ3n) is 3.11. The molecule has 4 heteroatoms. The Kier molecular flexibility index (Phi) is 2.14. The highest BCUT2D eigenvalue weighted by molar-refractivity contribution is 5.44. The van der Waals surface area contributed by atoms with E-state index in [1.807, 2.05) is 16.8 Å². The maximum absolute atomic E-state index is 4.14. The van der Waals surface area contributed by atoms with E-state index in [1.165, 1.54) is 18.5 Å². The van der Waals surface area contributed by atoms with E-state index in [0.29, 0.717) is 5.92 Å². The molecule has 3 rings (SSSR count). The van der Waals surface area contributed by atoms with Gasteiger partial charge in [-0.05, 0) is 38.1 Å². The molecule has 15 heavy (non-hydrogen) atoms. The Bertz CT molecular complexity index is 456. The first-order valence-corrected chi connectivity index (χ1v) is 5.45. The maximum Gasteiger partial charge on any atom is 0.0868 e. The van der Waals surface area contributed by atoms with E-state index in [9.17, 15) is 0 Å². The van der Waals surface area contributed by atoms with Gasteiger partial charge in [0, 0.05) is 11.6 Å². The largest absolute Gasteiger partial charge is 0.317 e. The molecule has 1 fully saturated rings. The number of rotatable bonds is 1. The summed E-state index contributed by atoms with van der Waals surface area (Å²) in [6.45, 7) is 2.21. The summed E-state index contributed by atoms with van der Waals surface area (Å²) in [5.74, 6) is 0.622. The summed E-state index contributed by atoms with van der Waals surface area (Å²) in [6.07, 6.45) is 4.20. The van der Waals surface area contributed by atoms with Gasteiger partial charge in [0.2, 0.25) is 0 Å². The van der Waals surface area contributed by atoms with Crippen LogP contribution >= 0.6 is 0 Å². The lowest BCUT2D eigenvalue weighted by atomic mass is 9.94. The Labute approximate surface area is 88.3 Å². The second kappa shape index (κ2) is 3.62. The van der Waals surface area contributed by atoms with Gasteiger partial charge < -0.3 is 5.32 Å². The van der Waals surface area contributed by atoms with E-state index in [-0.39, 0.29) is 0 Å². The molecule has 0 atom stereocenters. The van der Waals surface area contributed by atoms with Crippen LogP contribution in [0.4, 0.5) is 0 Å². The van der Waals surface area contributed by atoms with Crippen LogP contribution in [0, 0.1) is 0 Å². The Morgan fingerprint density at radius 3 is 3.00 bits per heavy atom. The topological polar surface area (TPSA) is 42.2 Å². The molecule has 0 bridgehead atoms. The first-order chi connectivity index (χ1) is 7.45. The summed E-state index contributed by atoms with van der Waals surface area (Å²) in [4.78, 5) is 0. The predicted octanol–water partition coefficient (Wildman–Crippen LogP) is 1.20. The van der Waals surface area contributed by atoms with Gasteiger partial charge in [0.1, 0.15) is 0 Å². The Morgan fingerprint density at radius 1 is 1.27 bits per heavy atom. The highest BCUT2D eigenvalue weighted by Gasteiger charge is 2.17. The molecule has 3 heterocycles. The van der Waals surface area contributed by atoms with Crippen molar-refractivity contribution in [1.29, 1.82) is 0 Å². The van der Waals surface area contributed by atoms with Gasteiger partial charge in [-0.1, -0.05) is 11.3 Å². The first-order valence-electron chi connectivity index (χ1n) is 5.45. The van der Waals surface area contributed by atoms with Gasteiger partial charge in [-0.2, -0.15) is 0 Å². The highest BCUT2D eigenvalue weighted by Crippen LogP contribution is 2.24. The smallest absolute Gasteiger partial charge is 0.0868 e. The number of pyridine rings is 1. The number of nitrogens with zero attached hydrogens (tertiary/aromatic N) is 3. The number of nitrogens with one attached hydrogen (secondary N) is 1. The number of hydrogen-bond acceptors (Lipinski definition) is 3. The predicted molar refractivity (Wildman–Crippen MR) is 57.8 cm³/mol. The molecule has 2 aromatic rings. The van der Waals surface area contributed by atoms with Crippen molar-refractivity contribution in [3.05, 3.63) is 30.1 Å². The number of fused-ring (bicyclic) bond motifs is 1. The zero-order chi connectivity index (χ0) is 10.1. The fraction of sp³-hybridized carbons (Fsp3) is 0.455. The van der Waals surface area contributed by atoms with Crippen molar-refractivity contribution in [3.8, 4) is 0 Å². The molecular formula is C11H14N4. The van der Waals surface area contributed by atoms with Gasteiger partial charge in [0.05, 0.1) is 11.7 Å². The van der Waals surface area contributed by atoms with Crippen molar-refractivity contribution in [3.63, 3.8) is 0 Å². The Hall–Kier alpha value is -1.42. The van der Waals surface area contributed by atoms with Crippen molar-refractivity contribution >= 4 is 5.52 Å². The summed E-state index contributed by atoms with van der Waals surface area (Å²) in [6, 6.07) is 6.30. The Morgan fingerprint density at radius 2 is 2.13 bits per heavy atom. The maximum atomic E-state index is 4.14. The second-order valence-electron chi connectivity index (χ2n) is 4.05. The van der Waals surface area contributed by atoms with E-state index >= 15 is 0 Å². The molecule has 78 valence electrons. The zero-order valence-corrected chi connectivity index (χ0v) is 8.56. The Balaban J connectivity index is 2.05. The molecule has 1 saturated heterocycles. The van der Waals surface area contributed by atoms with E-state index in [4.69, 9.17) is 0 Å². The van der Waals surface area contributed by atoms with Crippen LogP contribution in [-0.2, 0) is 0 Å². The van der Waals surface area contributed by atoms with Crippen LogP contribution < -0.4 is 5.32 Å². The quantitative estimate of drug-likeness (QED) is 0.755. The van der Waals surface area contributed by atoms with Crippen LogP contribution in [-0.4, -0.2) is 27.9 Å². The molecule has 0 unspecified atom stereocenters. The normalized spacial score (nSPS) is 18.4. The minimum atomic E-state index is 0.622. The minimum absolute atomic E-state index is 0.622. The summed E-state index contributed by atoms with van der Waals surface area (Å²) in [7, 11) is 0. The van der Waals surface area contributed by atoms with Gasteiger partial charge in [-0.25, -0.2) is 4.52 Å². The number of hydrogen-bond donors (Lipinski definition) is 1. The number of piperidine rings is 1. The summed E-state index contributed by atoms with van der Waals surface area (Å²) in [5, 5.41) is 11.5. The summed E-state index contributed by atoms with van der Waals surface area (Å²) >= 11 is 0. The van der Waals surface area contributed by atoms with Crippen LogP contribution in [0.1, 0.15) is 24.5 Å². The number of aromatic nitrogens is 3. The molecule has 1 aliphatic rings. The minimum Gasteiger partial charge on any atom is -0.317 e. The van der Waals surface area contributed by atoms with Crippen LogP contribution in [0.5, 0.6) is 0 Å². The molecule has 0 spiro atoms. The van der Waals surface area contributed by atoms with E-state index in [1.54, 1.807) is 0 Å². The summed E-state index contributed by atoms with van der Waals surface area (Å²) < 4.78 is 1.97. The fourth-order valence-electron chi connectivity index (χ4n) is 2.30. The summed E-state index contributed by atoms with van der Waals surface area (Å²) in [5.41, 5.74) is 2.39. The average molecular weight is 202 g/mol. The van der Waals surface area contributed by atoms with E-state index in [0.717, 1.165) is 18.6 Å². The highest BCUT2D eigenvalue weighted by atomic mass is 15.4. The van der Waals surface area contributed by atoms with Crippen LogP contribution in [0.3, 0.4) is 0 Å². The zero-order valence-electron chi connectivity index (χ0n) is 8.56. The molecule has 0 saturated carbocycles. The van der Waals surface area contributed by atoms with Crippen molar-refractivity contribution < 1.29 is 0 Å². The first kappa shape index (κ1) is 8.85. The molecule has 0 aliphatic carbocycles. The van der Waals surface area contributed by atoms with Gasteiger partial charge >= 0.3 is 0 Å². The molecular weight excluding hydrogens is 188 g/mol. The van der Waals surface area contributed by atoms with Gasteiger partial charge in [-0.3, -0.25) is 0 Å². The van der Waals surface area contributed by atoms with Crippen molar-refractivity contribution in [2.75, 3.05) is 13.1 Å². The van der Waals surface area contributed by atoms with Crippen LogP contribution in [0.2, 0.25) is 0 Å². The molecule has 0 radical (unpaired) electrons. The van der Waals surface area contributed by atoms with Crippen LogP contribution in [0.15, 0.2) is 24.4 Å². The molecule has 1 aliphatic heterocycles. The molecule has 4 nitrogen and oxygen atoms in total. The van der Waals surface area contributed by atoms with Crippen molar-refractivity contribution in [2.24, 2.45) is 0 Å². The lowest BCUT2D eigenvalue weighted by Gasteiger charge is -2.23.